The highest BCUT2D eigenvalue weighted by Gasteiger charge is 2.29. The van der Waals surface area contributed by atoms with E-state index in [-0.39, 0.29) is 6.10 Å². The van der Waals surface area contributed by atoms with Gasteiger partial charge >= 0.3 is 11.9 Å². The number of hydrogen-bond acceptors (Lipinski definition) is 4. The Morgan fingerprint density at radius 3 is 2.38 bits per heavy atom. The van der Waals surface area contributed by atoms with Crippen LogP contribution in [0.1, 0.15) is 46.0 Å². The van der Waals surface area contributed by atoms with Gasteiger partial charge in [-0.3, -0.25) is 9.59 Å². The standard InChI is InChI=1S/C11H18O5/c1-11(2,15-8-5-3-4-6-8)16-10(14)7-9(12)13/h8H,3-7H2,1-2H3,(H,12,13). The first-order valence-electron chi connectivity index (χ1n) is 5.50. The number of esters is 1. The van der Waals surface area contributed by atoms with Crippen molar-refractivity contribution < 1.29 is 24.2 Å². The largest absolute Gasteiger partial charge is 0.481 e. The zero-order chi connectivity index (χ0) is 12.2. The van der Waals surface area contributed by atoms with Crippen molar-refractivity contribution in [2.24, 2.45) is 0 Å². The van der Waals surface area contributed by atoms with Gasteiger partial charge in [0.05, 0.1) is 6.10 Å². The molecule has 0 bridgehead atoms. The first-order valence-corrected chi connectivity index (χ1v) is 5.50. The summed E-state index contributed by atoms with van der Waals surface area (Å²) in [4.78, 5) is 21.5. The molecule has 0 spiro atoms. The molecule has 92 valence electrons. The fourth-order valence-electron chi connectivity index (χ4n) is 1.87. The van der Waals surface area contributed by atoms with Crippen molar-refractivity contribution in [3.05, 3.63) is 0 Å². The van der Waals surface area contributed by atoms with Crippen LogP contribution in [0.15, 0.2) is 0 Å². The van der Waals surface area contributed by atoms with Crippen LogP contribution in [0.25, 0.3) is 0 Å². The maximum Gasteiger partial charge on any atom is 0.319 e. The molecule has 1 fully saturated rings. The molecule has 5 heteroatoms. The van der Waals surface area contributed by atoms with Crippen molar-refractivity contribution in [1.82, 2.24) is 0 Å². The van der Waals surface area contributed by atoms with Crippen molar-refractivity contribution >= 4 is 11.9 Å². The summed E-state index contributed by atoms with van der Waals surface area (Å²) in [5, 5.41) is 8.42. The topological polar surface area (TPSA) is 72.8 Å². The van der Waals surface area contributed by atoms with E-state index in [0.29, 0.717) is 0 Å². The lowest BCUT2D eigenvalue weighted by molar-refractivity contribution is -0.231. The molecule has 0 radical (unpaired) electrons. The highest BCUT2D eigenvalue weighted by molar-refractivity contribution is 5.90. The Balaban J connectivity index is 2.37. The SMILES string of the molecule is CC(C)(OC(=O)CC(=O)O)OC1CCCC1. The van der Waals surface area contributed by atoms with Gasteiger partial charge in [0.1, 0.15) is 6.42 Å². The first kappa shape index (κ1) is 13.0. The lowest BCUT2D eigenvalue weighted by atomic mass is 10.3. The molecule has 5 nitrogen and oxygen atoms in total. The molecular weight excluding hydrogens is 212 g/mol. The van der Waals surface area contributed by atoms with Crippen LogP contribution in [0.5, 0.6) is 0 Å². The van der Waals surface area contributed by atoms with E-state index >= 15 is 0 Å². The second-order valence-electron chi connectivity index (χ2n) is 4.47. The highest BCUT2D eigenvalue weighted by atomic mass is 16.7. The molecule has 0 aliphatic heterocycles. The number of carbonyl (C=O) groups excluding carboxylic acids is 1. The Morgan fingerprint density at radius 1 is 1.31 bits per heavy atom. The van der Waals surface area contributed by atoms with Crippen LogP contribution < -0.4 is 0 Å². The zero-order valence-electron chi connectivity index (χ0n) is 9.69. The average molecular weight is 230 g/mol. The van der Waals surface area contributed by atoms with Crippen LogP contribution in [0.3, 0.4) is 0 Å². The van der Waals surface area contributed by atoms with Gasteiger partial charge in [0.2, 0.25) is 5.79 Å². The van der Waals surface area contributed by atoms with Crippen LogP contribution in [0, 0.1) is 0 Å². The molecule has 1 aliphatic carbocycles. The number of carboxylic acid groups (broad SMARTS) is 1. The van der Waals surface area contributed by atoms with Gasteiger partial charge in [-0.2, -0.15) is 0 Å². The van der Waals surface area contributed by atoms with E-state index in [0.717, 1.165) is 25.7 Å². The molecule has 0 saturated heterocycles. The maximum atomic E-state index is 11.2. The van der Waals surface area contributed by atoms with Crippen molar-refractivity contribution in [2.45, 2.75) is 57.8 Å². The van der Waals surface area contributed by atoms with E-state index in [1.165, 1.54) is 0 Å². The smallest absolute Gasteiger partial charge is 0.319 e. The van der Waals surface area contributed by atoms with Crippen LogP contribution in [0.4, 0.5) is 0 Å². The van der Waals surface area contributed by atoms with Crippen molar-refractivity contribution in [3.8, 4) is 0 Å². The minimum Gasteiger partial charge on any atom is -0.481 e. The monoisotopic (exact) mass is 230 g/mol. The Kier molecular flexibility index (Phi) is 4.29. The molecule has 1 saturated carbocycles. The van der Waals surface area contributed by atoms with Crippen LogP contribution in [0.2, 0.25) is 0 Å². The van der Waals surface area contributed by atoms with E-state index in [1.807, 2.05) is 0 Å². The second kappa shape index (κ2) is 5.30. The zero-order valence-corrected chi connectivity index (χ0v) is 9.69. The van der Waals surface area contributed by atoms with E-state index in [9.17, 15) is 9.59 Å². The van der Waals surface area contributed by atoms with Gasteiger partial charge < -0.3 is 14.6 Å². The number of aliphatic carboxylic acids is 1. The second-order valence-corrected chi connectivity index (χ2v) is 4.47. The molecule has 0 aromatic rings. The molecule has 0 heterocycles. The lowest BCUT2D eigenvalue weighted by Crippen LogP contribution is -2.35. The predicted molar refractivity (Wildman–Crippen MR) is 55.8 cm³/mol. The van der Waals surface area contributed by atoms with Crippen molar-refractivity contribution in [1.29, 1.82) is 0 Å². The van der Waals surface area contributed by atoms with E-state index in [2.05, 4.69) is 0 Å². The summed E-state index contributed by atoms with van der Waals surface area (Å²) in [5.41, 5.74) is 0. The molecule has 0 atom stereocenters. The molecule has 0 unspecified atom stereocenters. The van der Waals surface area contributed by atoms with E-state index in [4.69, 9.17) is 14.6 Å². The van der Waals surface area contributed by atoms with Crippen LogP contribution in [-0.2, 0) is 19.1 Å². The Morgan fingerprint density at radius 2 is 1.88 bits per heavy atom. The summed E-state index contributed by atoms with van der Waals surface area (Å²) in [6.45, 7) is 3.26. The molecule has 0 aromatic carbocycles. The fraction of sp³-hybridized carbons (Fsp3) is 0.818. The fourth-order valence-corrected chi connectivity index (χ4v) is 1.87. The summed E-state index contributed by atoms with van der Waals surface area (Å²) in [5.74, 6) is -3.00. The Hall–Kier alpha value is -1.10. The number of carboxylic acids is 1. The van der Waals surface area contributed by atoms with Crippen molar-refractivity contribution in [3.63, 3.8) is 0 Å². The first-order chi connectivity index (χ1) is 7.39. The lowest BCUT2D eigenvalue weighted by Gasteiger charge is -2.28. The summed E-state index contributed by atoms with van der Waals surface area (Å²) >= 11 is 0. The maximum absolute atomic E-state index is 11.2. The van der Waals surface area contributed by atoms with Gasteiger partial charge in [-0.1, -0.05) is 12.8 Å². The quantitative estimate of drug-likeness (QED) is 0.442. The predicted octanol–water partition coefficient (Wildman–Crippen LogP) is 1.70. The summed E-state index contributed by atoms with van der Waals surface area (Å²) < 4.78 is 10.6. The van der Waals surface area contributed by atoms with Gasteiger partial charge in [-0.05, 0) is 12.8 Å². The molecule has 16 heavy (non-hydrogen) atoms. The Labute approximate surface area is 94.7 Å². The number of ether oxygens (including phenoxy) is 2. The highest BCUT2D eigenvalue weighted by Crippen LogP contribution is 2.26. The van der Waals surface area contributed by atoms with Gasteiger partial charge in [0, 0.05) is 13.8 Å². The number of rotatable bonds is 5. The third-order valence-corrected chi connectivity index (χ3v) is 2.41. The van der Waals surface area contributed by atoms with Crippen molar-refractivity contribution in [2.75, 3.05) is 0 Å². The van der Waals surface area contributed by atoms with Gasteiger partial charge in [0.25, 0.3) is 0 Å². The van der Waals surface area contributed by atoms with E-state index < -0.39 is 24.1 Å². The van der Waals surface area contributed by atoms with Gasteiger partial charge in [-0.25, -0.2) is 0 Å². The van der Waals surface area contributed by atoms with Gasteiger partial charge in [-0.15, -0.1) is 0 Å². The van der Waals surface area contributed by atoms with E-state index in [1.54, 1.807) is 13.8 Å². The molecule has 1 N–H and O–H groups in total. The minimum absolute atomic E-state index is 0.118. The molecule has 0 amide bonds. The van der Waals surface area contributed by atoms with Gasteiger partial charge in [0.15, 0.2) is 0 Å². The average Bonchev–Trinajstić information content (AvgIpc) is 2.51. The molecule has 1 aliphatic rings. The summed E-state index contributed by atoms with van der Waals surface area (Å²) in [6, 6.07) is 0. The molecular formula is C11H18O5. The number of carbonyl (C=O) groups is 2. The summed E-state index contributed by atoms with van der Waals surface area (Å²) in [7, 11) is 0. The van der Waals surface area contributed by atoms with Crippen LogP contribution >= 0.6 is 0 Å². The minimum atomic E-state index is -1.19. The summed E-state index contributed by atoms with van der Waals surface area (Å²) in [6.07, 6.45) is 3.69. The third-order valence-electron chi connectivity index (χ3n) is 2.41. The van der Waals surface area contributed by atoms with Crippen LogP contribution in [-0.4, -0.2) is 28.9 Å². The normalized spacial score (nSPS) is 17.4. The molecule has 0 aromatic heterocycles. The third kappa shape index (κ3) is 4.61. The number of hydrogen-bond donors (Lipinski definition) is 1. The Bertz CT molecular complexity index is 266. The molecule has 1 rings (SSSR count).